The number of aliphatic hydroxyl groups excluding tert-OH is 1. The van der Waals surface area contributed by atoms with Crippen molar-refractivity contribution in [3.63, 3.8) is 0 Å². The Hall–Kier alpha value is -0.220. The zero-order chi connectivity index (χ0) is 10.7. The minimum absolute atomic E-state index is 0.129. The van der Waals surface area contributed by atoms with Gasteiger partial charge in [0.25, 0.3) is 0 Å². The van der Waals surface area contributed by atoms with Gasteiger partial charge in [0.05, 0.1) is 6.10 Å². The SMILES string of the molecule is O[C@@H]1CCN(CSc2ccc(Cl)cc2)C1. The molecule has 1 aromatic rings. The first-order valence-electron chi connectivity index (χ1n) is 5.03. The average molecular weight is 244 g/mol. The molecule has 1 saturated heterocycles. The molecule has 0 amide bonds. The van der Waals surface area contributed by atoms with E-state index in [2.05, 4.69) is 4.90 Å². The summed E-state index contributed by atoms with van der Waals surface area (Å²) in [5, 5.41) is 10.1. The normalized spacial score (nSPS) is 22.1. The summed E-state index contributed by atoms with van der Waals surface area (Å²) in [6, 6.07) is 7.87. The molecule has 0 aliphatic carbocycles. The van der Waals surface area contributed by atoms with Gasteiger partial charge in [0.1, 0.15) is 0 Å². The molecule has 1 fully saturated rings. The summed E-state index contributed by atoms with van der Waals surface area (Å²) >= 11 is 7.59. The molecule has 0 spiro atoms. The quantitative estimate of drug-likeness (QED) is 0.825. The van der Waals surface area contributed by atoms with Crippen molar-refractivity contribution in [2.75, 3.05) is 19.0 Å². The molecular formula is C11H14ClNOS. The van der Waals surface area contributed by atoms with E-state index in [9.17, 15) is 5.11 Å². The van der Waals surface area contributed by atoms with E-state index in [1.807, 2.05) is 24.3 Å². The second-order valence-corrected chi connectivity index (χ2v) is 5.20. The van der Waals surface area contributed by atoms with Gasteiger partial charge in [-0.05, 0) is 30.7 Å². The number of aliphatic hydroxyl groups is 1. The van der Waals surface area contributed by atoms with Gasteiger partial charge in [-0.25, -0.2) is 0 Å². The molecule has 1 aromatic carbocycles. The molecule has 0 bridgehead atoms. The van der Waals surface area contributed by atoms with Crippen molar-refractivity contribution in [2.45, 2.75) is 17.4 Å². The summed E-state index contributed by atoms with van der Waals surface area (Å²) in [5.41, 5.74) is 0. The highest BCUT2D eigenvalue weighted by Gasteiger charge is 2.19. The molecule has 0 saturated carbocycles. The van der Waals surface area contributed by atoms with Crippen molar-refractivity contribution in [1.29, 1.82) is 0 Å². The topological polar surface area (TPSA) is 23.5 Å². The molecular weight excluding hydrogens is 230 g/mol. The molecule has 0 unspecified atom stereocenters. The first kappa shape index (κ1) is 11.3. The maximum absolute atomic E-state index is 9.36. The highest BCUT2D eigenvalue weighted by Crippen LogP contribution is 2.22. The second kappa shape index (κ2) is 5.21. The van der Waals surface area contributed by atoms with Crippen LogP contribution in [0.25, 0.3) is 0 Å². The number of likely N-dealkylation sites (tertiary alicyclic amines) is 1. The fourth-order valence-electron chi connectivity index (χ4n) is 1.63. The zero-order valence-corrected chi connectivity index (χ0v) is 9.97. The van der Waals surface area contributed by atoms with Crippen LogP contribution in [0.2, 0.25) is 5.02 Å². The number of hydrogen-bond acceptors (Lipinski definition) is 3. The highest BCUT2D eigenvalue weighted by atomic mass is 35.5. The summed E-state index contributed by atoms with van der Waals surface area (Å²) in [6.07, 6.45) is 0.775. The molecule has 15 heavy (non-hydrogen) atoms. The van der Waals surface area contributed by atoms with E-state index in [4.69, 9.17) is 11.6 Å². The van der Waals surface area contributed by atoms with Crippen LogP contribution in [-0.2, 0) is 0 Å². The lowest BCUT2D eigenvalue weighted by atomic mass is 10.3. The lowest BCUT2D eigenvalue weighted by Gasteiger charge is -2.13. The Bertz CT molecular complexity index is 317. The minimum atomic E-state index is -0.129. The second-order valence-electron chi connectivity index (χ2n) is 3.75. The number of β-amino-alcohol motifs (C(OH)–C–C–N with tert-alkyl or cyclic N) is 1. The van der Waals surface area contributed by atoms with Crippen LogP contribution >= 0.6 is 23.4 Å². The summed E-state index contributed by atoms with van der Waals surface area (Å²) in [4.78, 5) is 3.49. The zero-order valence-electron chi connectivity index (χ0n) is 8.40. The van der Waals surface area contributed by atoms with Gasteiger partial charge in [-0.3, -0.25) is 4.90 Å². The van der Waals surface area contributed by atoms with E-state index in [0.29, 0.717) is 0 Å². The molecule has 1 aliphatic rings. The van der Waals surface area contributed by atoms with Crippen molar-refractivity contribution in [2.24, 2.45) is 0 Å². The maximum Gasteiger partial charge on any atom is 0.0679 e. The van der Waals surface area contributed by atoms with Crippen LogP contribution in [0.4, 0.5) is 0 Å². The molecule has 82 valence electrons. The summed E-state index contributed by atoms with van der Waals surface area (Å²) in [6.45, 7) is 1.81. The fraction of sp³-hybridized carbons (Fsp3) is 0.455. The third-order valence-electron chi connectivity index (χ3n) is 2.47. The molecule has 2 nitrogen and oxygen atoms in total. The molecule has 0 aromatic heterocycles. The Morgan fingerprint density at radius 3 is 2.73 bits per heavy atom. The fourth-order valence-corrected chi connectivity index (χ4v) is 2.65. The number of hydrogen-bond donors (Lipinski definition) is 1. The van der Waals surface area contributed by atoms with E-state index in [1.165, 1.54) is 4.90 Å². The number of thioether (sulfide) groups is 1. The van der Waals surface area contributed by atoms with Gasteiger partial charge >= 0.3 is 0 Å². The van der Waals surface area contributed by atoms with E-state index in [0.717, 1.165) is 30.4 Å². The van der Waals surface area contributed by atoms with Crippen LogP contribution in [-0.4, -0.2) is 35.1 Å². The lowest BCUT2D eigenvalue weighted by molar-refractivity contribution is 0.181. The Kier molecular flexibility index (Phi) is 3.92. The molecule has 2 rings (SSSR count). The summed E-state index contributed by atoms with van der Waals surface area (Å²) in [5.74, 6) is 0.943. The number of nitrogens with zero attached hydrogens (tertiary/aromatic N) is 1. The summed E-state index contributed by atoms with van der Waals surface area (Å²) in [7, 11) is 0. The van der Waals surface area contributed by atoms with Crippen LogP contribution in [0.5, 0.6) is 0 Å². The average Bonchev–Trinajstić information content (AvgIpc) is 2.64. The molecule has 1 aliphatic heterocycles. The molecule has 1 N–H and O–H groups in total. The highest BCUT2D eigenvalue weighted by molar-refractivity contribution is 7.99. The Balaban J connectivity index is 1.80. The predicted octanol–water partition coefficient (Wildman–Crippen LogP) is 2.46. The van der Waals surface area contributed by atoms with Crippen LogP contribution in [0.3, 0.4) is 0 Å². The van der Waals surface area contributed by atoms with E-state index in [-0.39, 0.29) is 6.10 Å². The van der Waals surface area contributed by atoms with Crippen LogP contribution in [0.15, 0.2) is 29.2 Å². The lowest BCUT2D eigenvalue weighted by Crippen LogP contribution is -2.21. The van der Waals surface area contributed by atoms with Gasteiger partial charge in [-0.15, -0.1) is 11.8 Å². The van der Waals surface area contributed by atoms with Crippen molar-refractivity contribution in [3.05, 3.63) is 29.3 Å². The minimum Gasteiger partial charge on any atom is -0.392 e. The van der Waals surface area contributed by atoms with Gasteiger partial charge in [0.15, 0.2) is 0 Å². The van der Waals surface area contributed by atoms with Gasteiger partial charge in [0, 0.05) is 28.9 Å². The Labute approximate surface area is 99.2 Å². The smallest absolute Gasteiger partial charge is 0.0679 e. The van der Waals surface area contributed by atoms with Crippen LogP contribution in [0.1, 0.15) is 6.42 Å². The standard InChI is InChI=1S/C11H14ClNOS/c12-9-1-3-11(4-2-9)15-8-13-6-5-10(14)7-13/h1-4,10,14H,5-8H2/t10-/m1/s1. The Morgan fingerprint density at radius 1 is 1.40 bits per heavy atom. The first-order valence-corrected chi connectivity index (χ1v) is 6.39. The van der Waals surface area contributed by atoms with E-state index >= 15 is 0 Å². The number of halogens is 1. The first-order chi connectivity index (χ1) is 7.24. The molecule has 1 atom stereocenters. The molecule has 1 heterocycles. The van der Waals surface area contributed by atoms with Gasteiger partial charge in [-0.2, -0.15) is 0 Å². The van der Waals surface area contributed by atoms with Crippen LogP contribution in [0, 0.1) is 0 Å². The molecule has 4 heteroatoms. The Morgan fingerprint density at radius 2 is 2.13 bits per heavy atom. The van der Waals surface area contributed by atoms with Gasteiger partial charge < -0.3 is 5.11 Å². The summed E-state index contributed by atoms with van der Waals surface area (Å²) < 4.78 is 0. The van der Waals surface area contributed by atoms with Crippen LogP contribution < -0.4 is 0 Å². The third-order valence-corrected chi connectivity index (χ3v) is 3.83. The van der Waals surface area contributed by atoms with Gasteiger partial charge in [0.2, 0.25) is 0 Å². The van der Waals surface area contributed by atoms with E-state index < -0.39 is 0 Å². The van der Waals surface area contributed by atoms with Crippen molar-refractivity contribution in [3.8, 4) is 0 Å². The van der Waals surface area contributed by atoms with Gasteiger partial charge in [-0.1, -0.05) is 11.6 Å². The maximum atomic E-state index is 9.36. The van der Waals surface area contributed by atoms with E-state index in [1.54, 1.807) is 11.8 Å². The third kappa shape index (κ3) is 3.38. The largest absolute Gasteiger partial charge is 0.392 e. The van der Waals surface area contributed by atoms with Crippen molar-refractivity contribution in [1.82, 2.24) is 4.90 Å². The number of benzene rings is 1. The number of rotatable bonds is 3. The van der Waals surface area contributed by atoms with Crippen molar-refractivity contribution < 1.29 is 5.11 Å². The predicted molar refractivity (Wildman–Crippen MR) is 64.4 cm³/mol. The monoisotopic (exact) mass is 243 g/mol. The molecule has 0 radical (unpaired) electrons. The van der Waals surface area contributed by atoms with Crippen molar-refractivity contribution >= 4 is 23.4 Å².